The van der Waals surface area contributed by atoms with Crippen LogP contribution in [0.2, 0.25) is 0 Å². The van der Waals surface area contributed by atoms with E-state index in [1.54, 1.807) is 0 Å². The molecule has 138 valence electrons. The van der Waals surface area contributed by atoms with Crippen molar-refractivity contribution in [3.63, 3.8) is 0 Å². The first kappa shape index (κ1) is 19.3. The van der Waals surface area contributed by atoms with E-state index < -0.39 is 35.4 Å². The molecule has 0 aliphatic carbocycles. The summed E-state index contributed by atoms with van der Waals surface area (Å²) in [4.78, 5) is 23.8. The van der Waals surface area contributed by atoms with E-state index >= 15 is 0 Å². The smallest absolute Gasteiger partial charge is 0.311 e. The van der Waals surface area contributed by atoms with Gasteiger partial charge >= 0.3 is 5.97 Å². The molecule has 1 amide bonds. The van der Waals surface area contributed by atoms with Crippen molar-refractivity contribution in [3.8, 4) is 5.75 Å². The zero-order chi connectivity index (χ0) is 19.3. The van der Waals surface area contributed by atoms with Crippen LogP contribution in [0.25, 0.3) is 0 Å². The number of nitrogens with one attached hydrogen (secondary N) is 1. The minimum absolute atomic E-state index is 0.0381. The zero-order valence-corrected chi connectivity index (χ0v) is 14.0. The molecule has 0 aliphatic rings. The summed E-state index contributed by atoms with van der Waals surface area (Å²) in [5.74, 6) is -3.88. The maximum absolute atomic E-state index is 13.6. The van der Waals surface area contributed by atoms with Gasteiger partial charge < -0.3 is 14.8 Å². The third kappa shape index (κ3) is 4.98. The summed E-state index contributed by atoms with van der Waals surface area (Å²) in [5.41, 5.74) is 0.0991. The molecule has 8 heteroatoms. The lowest BCUT2D eigenvalue weighted by molar-refractivity contribution is -0.152. The van der Waals surface area contributed by atoms with Crippen LogP contribution in [0.5, 0.6) is 5.75 Å². The number of hydrogen-bond donors (Lipinski definition) is 1. The molecule has 0 fully saturated rings. The molecule has 0 heterocycles. The number of anilines is 1. The third-order valence-corrected chi connectivity index (χ3v) is 3.43. The second-order valence-corrected chi connectivity index (χ2v) is 5.39. The molecule has 0 aromatic heterocycles. The van der Waals surface area contributed by atoms with Crippen LogP contribution in [0.1, 0.15) is 12.5 Å². The molecular formula is C18H16F3NO4. The fourth-order valence-corrected chi connectivity index (χ4v) is 2.10. The molecule has 0 unspecified atom stereocenters. The SMILES string of the molecule is COc1ccc(CC(=O)O[C@H](C)C(=O)Nc2ccc(F)cc2F)cc1F. The molecular weight excluding hydrogens is 351 g/mol. The molecule has 1 N–H and O–H groups in total. The Bertz CT molecular complexity index is 826. The fourth-order valence-electron chi connectivity index (χ4n) is 2.10. The summed E-state index contributed by atoms with van der Waals surface area (Å²) in [6, 6.07) is 6.63. The summed E-state index contributed by atoms with van der Waals surface area (Å²) in [7, 11) is 1.32. The van der Waals surface area contributed by atoms with E-state index in [-0.39, 0.29) is 17.9 Å². The number of ether oxygens (including phenoxy) is 2. The summed E-state index contributed by atoms with van der Waals surface area (Å²) < 4.78 is 49.7. The van der Waals surface area contributed by atoms with Crippen LogP contribution in [-0.4, -0.2) is 25.1 Å². The molecule has 0 saturated carbocycles. The van der Waals surface area contributed by atoms with Crippen molar-refractivity contribution in [3.05, 3.63) is 59.4 Å². The molecule has 0 bridgehead atoms. The van der Waals surface area contributed by atoms with Crippen molar-refractivity contribution in [1.29, 1.82) is 0 Å². The average molecular weight is 367 g/mol. The third-order valence-electron chi connectivity index (χ3n) is 3.43. The number of rotatable bonds is 6. The van der Waals surface area contributed by atoms with Crippen molar-refractivity contribution in [2.24, 2.45) is 0 Å². The lowest BCUT2D eigenvalue weighted by Crippen LogP contribution is -2.30. The minimum Gasteiger partial charge on any atom is -0.494 e. The van der Waals surface area contributed by atoms with Gasteiger partial charge in [-0.15, -0.1) is 0 Å². The van der Waals surface area contributed by atoms with Crippen molar-refractivity contribution < 1.29 is 32.2 Å². The Kier molecular flexibility index (Phi) is 6.21. The highest BCUT2D eigenvalue weighted by molar-refractivity contribution is 5.95. The van der Waals surface area contributed by atoms with E-state index in [1.165, 1.54) is 26.2 Å². The highest BCUT2D eigenvalue weighted by atomic mass is 19.1. The van der Waals surface area contributed by atoms with Crippen LogP contribution < -0.4 is 10.1 Å². The molecule has 0 spiro atoms. The Morgan fingerprint density at radius 1 is 1.08 bits per heavy atom. The van der Waals surface area contributed by atoms with E-state index in [0.717, 1.165) is 18.2 Å². The lowest BCUT2D eigenvalue weighted by atomic mass is 10.1. The first-order valence-electron chi connectivity index (χ1n) is 7.58. The van der Waals surface area contributed by atoms with Gasteiger partial charge in [-0.25, -0.2) is 13.2 Å². The van der Waals surface area contributed by atoms with Crippen molar-refractivity contribution >= 4 is 17.6 Å². The van der Waals surface area contributed by atoms with E-state index in [0.29, 0.717) is 11.6 Å². The van der Waals surface area contributed by atoms with Gasteiger partial charge in [0.25, 0.3) is 5.91 Å². The molecule has 26 heavy (non-hydrogen) atoms. The normalized spacial score (nSPS) is 11.6. The van der Waals surface area contributed by atoms with Crippen LogP contribution in [0.4, 0.5) is 18.9 Å². The summed E-state index contributed by atoms with van der Waals surface area (Å²) >= 11 is 0. The fraction of sp³-hybridized carbons (Fsp3) is 0.222. The number of methoxy groups -OCH3 is 1. The largest absolute Gasteiger partial charge is 0.494 e. The van der Waals surface area contributed by atoms with Crippen LogP contribution >= 0.6 is 0 Å². The molecule has 1 atom stereocenters. The van der Waals surface area contributed by atoms with Crippen LogP contribution in [0.15, 0.2) is 36.4 Å². The van der Waals surface area contributed by atoms with Crippen LogP contribution in [-0.2, 0) is 20.7 Å². The highest BCUT2D eigenvalue weighted by Crippen LogP contribution is 2.19. The maximum atomic E-state index is 13.6. The molecule has 0 saturated heterocycles. The highest BCUT2D eigenvalue weighted by Gasteiger charge is 2.20. The lowest BCUT2D eigenvalue weighted by Gasteiger charge is -2.14. The maximum Gasteiger partial charge on any atom is 0.311 e. The molecule has 0 radical (unpaired) electrons. The topological polar surface area (TPSA) is 64.6 Å². The van der Waals surface area contributed by atoms with Gasteiger partial charge in [-0.2, -0.15) is 0 Å². The molecule has 2 rings (SSSR count). The van der Waals surface area contributed by atoms with E-state index in [2.05, 4.69) is 5.32 Å². The van der Waals surface area contributed by atoms with Gasteiger partial charge in [-0.05, 0) is 36.8 Å². The quantitative estimate of drug-likeness (QED) is 0.797. The molecule has 2 aromatic carbocycles. The van der Waals surface area contributed by atoms with Crippen molar-refractivity contribution in [2.45, 2.75) is 19.4 Å². The predicted octanol–water partition coefficient (Wildman–Crippen LogP) is 3.23. The standard InChI is InChI=1S/C18H16F3NO4/c1-10(18(24)22-15-5-4-12(19)9-13(15)20)26-17(23)8-11-3-6-16(25-2)14(21)7-11/h3-7,9-10H,8H2,1-2H3,(H,22,24)/t10-/m1/s1. The first-order valence-corrected chi connectivity index (χ1v) is 7.58. The predicted molar refractivity (Wildman–Crippen MR) is 87.2 cm³/mol. The summed E-state index contributed by atoms with van der Waals surface area (Å²) in [6.45, 7) is 1.29. The van der Waals surface area contributed by atoms with E-state index in [1.807, 2.05) is 0 Å². The Labute approximate surface area is 147 Å². The number of carbonyl (C=O) groups excluding carboxylic acids is 2. The van der Waals surface area contributed by atoms with Gasteiger partial charge in [0, 0.05) is 6.07 Å². The number of halogens is 3. The minimum atomic E-state index is -1.23. The molecule has 0 aliphatic heterocycles. The Morgan fingerprint density at radius 2 is 1.81 bits per heavy atom. The van der Waals surface area contributed by atoms with Crippen LogP contribution in [0.3, 0.4) is 0 Å². The van der Waals surface area contributed by atoms with Gasteiger partial charge in [-0.1, -0.05) is 6.07 Å². The number of hydrogen-bond acceptors (Lipinski definition) is 4. The number of benzene rings is 2. The Morgan fingerprint density at radius 3 is 2.42 bits per heavy atom. The van der Waals surface area contributed by atoms with Gasteiger partial charge in [0.1, 0.15) is 11.6 Å². The molecule has 5 nitrogen and oxygen atoms in total. The average Bonchev–Trinajstić information content (AvgIpc) is 2.57. The Hall–Kier alpha value is -3.03. The summed E-state index contributed by atoms with van der Waals surface area (Å²) in [5, 5.41) is 2.20. The van der Waals surface area contributed by atoms with E-state index in [9.17, 15) is 22.8 Å². The van der Waals surface area contributed by atoms with E-state index in [4.69, 9.17) is 9.47 Å². The number of amides is 1. The Balaban J connectivity index is 1.93. The van der Waals surface area contributed by atoms with Gasteiger partial charge in [0.05, 0.1) is 19.2 Å². The van der Waals surface area contributed by atoms with Crippen molar-refractivity contribution in [1.82, 2.24) is 0 Å². The number of carbonyl (C=O) groups is 2. The van der Waals surface area contributed by atoms with Gasteiger partial charge in [0.15, 0.2) is 17.7 Å². The summed E-state index contributed by atoms with van der Waals surface area (Å²) in [6.07, 6.45) is -1.49. The second kappa shape index (κ2) is 8.37. The number of esters is 1. The first-order chi connectivity index (χ1) is 12.3. The van der Waals surface area contributed by atoms with Gasteiger partial charge in [-0.3, -0.25) is 9.59 Å². The molecule has 2 aromatic rings. The monoisotopic (exact) mass is 367 g/mol. The van der Waals surface area contributed by atoms with Gasteiger partial charge in [0.2, 0.25) is 0 Å². The van der Waals surface area contributed by atoms with Crippen molar-refractivity contribution in [2.75, 3.05) is 12.4 Å². The van der Waals surface area contributed by atoms with Crippen LogP contribution in [0, 0.1) is 17.5 Å². The second-order valence-electron chi connectivity index (χ2n) is 5.39. The zero-order valence-electron chi connectivity index (χ0n) is 14.0.